The topological polar surface area (TPSA) is 210 Å². The van der Waals surface area contributed by atoms with Crippen molar-refractivity contribution in [3.05, 3.63) is 104 Å². The molecule has 0 amide bonds. The minimum absolute atomic E-state index is 0.0285. The van der Waals surface area contributed by atoms with Crippen LogP contribution in [0.15, 0.2) is 82.8 Å². The minimum atomic E-state index is -4.37. The van der Waals surface area contributed by atoms with E-state index in [-0.39, 0.29) is 52.4 Å². The summed E-state index contributed by atoms with van der Waals surface area (Å²) in [5.74, 6) is 0.363. The first-order chi connectivity index (χ1) is 23.9. The van der Waals surface area contributed by atoms with Crippen LogP contribution in [-0.4, -0.2) is 103 Å². The summed E-state index contributed by atoms with van der Waals surface area (Å²) in [4.78, 5) is 48.1. The van der Waals surface area contributed by atoms with E-state index in [1.807, 2.05) is 9.80 Å². The fourth-order valence-electron chi connectivity index (χ4n) is 6.51. The van der Waals surface area contributed by atoms with Gasteiger partial charge in [0.25, 0.3) is 11.4 Å². The molecule has 4 aromatic rings. The van der Waals surface area contributed by atoms with Crippen molar-refractivity contribution in [3.8, 4) is 11.1 Å². The standard InChI is InChI=1S/C31H28N8O9S2/c40-31-23-17-21(49(45,46)36-13-9-34(10-14-36)27-5-1-3-7-32-27)19-25(38(41)42)29(23)30-24(31)18-22(20-26(30)39(43)44)50(47,48)37-15-11-35(12-16-37)28-6-2-4-8-33-28/h1-8,17-20H,9-16H2. The zero-order chi connectivity index (χ0) is 35.4. The molecule has 7 rings (SSSR count). The summed E-state index contributed by atoms with van der Waals surface area (Å²) >= 11 is 0. The van der Waals surface area contributed by atoms with Crippen molar-refractivity contribution >= 4 is 48.8 Å². The van der Waals surface area contributed by atoms with E-state index in [0.717, 1.165) is 32.9 Å². The van der Waals surface area contributed by atoms with Crippen LogP contribution in [0.4, 0.5) is 23.0 Å². The zero-order valence-electron chi connectivity index (χ0n) is 26.2. The van der Waals surface area contributed by atoms with Gasteiger partial charge >= 0.3 is 0 Å². The Bertz CT molecular complexity index is 2100. The number of nitro benzene ring substituents is 2. The number of hydrogen-bond acceptors (Lipinski definition) is 13. The Morgan fingerprint density at radius 1 is 0.580 bits per heavy atom. The number of fused-ring (bicyclic) bond motifs is 3. The third-order valence-corrected chi connectivity index (χ3v) is 12.8. The van der Waals surface area contributed by atoms with Gasteiger partial charge in [-0.1, -0.05) is 12.1 Å². The number of sulfonamides is 2. The first kappa shape index (κ1) is 33.1. The molecule has 2 aliphatic heterocycles. The number of hydrogen-bond donors (Lipinski definition) is 0. The van der Waals surface area contributed by atoms with Gasteiger partial charge in [0.05, 0.1) is 30.8 Å². The Kier molecular flexibility index (Phi) is 8.29. The van der Waals surface area contributed by atoms with Gasteiger partial charge in [-0.05, 0) is 36.4 Å². The quantitative estimate of drug-likeness (QED) is 0.167. The lowest BCUT2D eigenvalue weighted by Gasteiger charge is -2.34. The largest absolute Gasteiger partial charge is 0.354 e. The van der Waals surface area contributed by atoms with Crippen molar-refractivity contribution in [2.75, 3.05) is 62.2 Å². The number of anilines is 2. The molecule has 2 aromatic heterocycles. The number of nitrogens with zero attached hydrogens (tertiary/aromatic N) is 8. The van der Waals surface area contributed by atoms with Gasteiger partial charge in [-0.15, -0.1) is 0 Å². The molecule has 0 atom stereocenters. The molecule has 2 aromatic carbocycles. The monoisotopic (exact) mass is 720 g/mol. The summed E-state index contributed by atoms with van der Waals surface area (Å²) in [6.07, 6.45) is 3.23. The van der Waals surface area contributed by atoms with Crippen molar-refractivity contribution in [3.63, 3.8) is 0 Å². The van der Waals surface area contributed by atoms with Gasteiger partial charge in [-0.25, -0.2) is 26.8 Å². The maximum absolute atomic E-state index is 13.9. The summed E-state index contributed by atoms with van der Waals surface area (Å²) in [7, 11) is -8.74. The average Bonchev–Trinajstić information content (AvgIpc) is 3.42. The molecule has 50 heavy (non-hydrogen) atoms. The fourth-order valence-corrected chi connectivity index (χ4v) is 9.45. The number of carbonyl (C=O) groups excluding carboxylic acids is 1. The highest BCUT2D eigenvalue weighted by Gasteiger charge is 2.43. The second-order valence-electron chi connectivity index (χ2n) is 11.7. The Labute approximate surface area is 285 Å². The van der Waals surface area contributed by atoms with Crippen LogP contribution in [0.25, 0.3) is 11.1 Å². The summed E-state index contributed by atoms with van der Waals surface area (Å²) in [5.41, 5.74) is -3.42. The van der Waals surface area contributed by atoms with Crippen LogP contribution in [0.3, 0.4) is 0 Å². The van der Waals surface area contributed by atoms with Gasteiger partial charge in [0.1, 0.15) is 11.6 Å². The number of ketones is 1. The molecule has 0 spiro atoms. The highest BCUT2D eigenvalue weighted by atomic mass is 32.2. The highest BCUT2D eigenvalue weighted by Crippen LogP contribution is 2.49. The Hall–Kier alpha value is -5.37. The fraction of sp³-hybridized carbons (Fsp3) is 0.258. The lowest BCUT2D eigenvalue weighted by molar-refractivity contribution is -0.386. The third kappa shape index (κ3) is 5.62. The molecule has 1 aliphatic carbocycles. The molecule has 0 saturated carbocycles. The van der Waals surface area contributed by atoms with Crippen molar-refractivity contribution in [1.82, 2.24) is 18.6 Å². The van der Waals surface area contributed by atoms with Gasteiger partial charge in [-0.2, -0.15) is 8.61 Å². The highest BCUT2D eigenvalue weighted by molar-refractivity contribution is 7.89. The molecular weight excluding hydrogens is 693 g/mol. The van der Waals surface area contributed by atoms with Crippen LogP contribution in [0.2, 0.25) is 0 Å². The van der Waals surface area contributed by atoms with E-state index in [9.17, 15) is 41.9 Å². The van der Waals surface area contributed by atoms with Crippen molar-refractivity contribution in [1.29, 1.82) is 0 Å². The molecule has 2 fully saturated rings. The molecule has 17 nitrogen and oxygen atoms in total. The van der Waals surface area contributed by atoms with Crippen LogP contribution in [0.5, 0.6) is 0 Å². The first-order valence-corrected chi connectivity index (χ1v) is 18.3. The predicted octanol–water partition coefficient (Wildman–Crippen LogP) is 2.53. The van der Waals surface area contributed by atoms with Gasteiger partial charge in [-0.3, -0.25) is 25.0 Å². The van der Waals surface area contributed by atoms with Gasteiger partial charge in [0.2, 0.25) is 20.0 Å². The van der Waals surface area contributed by atoms with E-state index < -0.39 is 79.1 Å². The van der Waals surface area contributed by atoms with Crippen molar-refractivity contribution in [2.24, 2.45) is 0 Å². The maximum Gasteiger partial charge on any atom is 0.279 e. The van der Waals surface area contributed by atoms with Gasteiger partial charge in [0, 0.05) is 88.0 Å². The lowest BCUT2D eigenvalue weighted by Crippen LogP contribution is -2.48. The smallest absolute Gasteiger partial charge is 0.279 e. The van der Waals surface area contributed by atoms with E-state index >= 15 is 0 Å². The molecule has 258 valence electrons. The van der Waals surface area contributed by atoms with Gasteiger partial charge < -0.3 is 9.80 Å². The van der Waals surface area contributed by atoms with Crippen LogP contribution < -0.4 is 9.80 Å². The van der Waals surface area contributed by atoms with E-state index in [1.54, 1.807) is 48.8 Å². The molecule has 19 heteroatoms. The number of pyridine rings is 2. The van der Waals surface area contributed by atoms with E-state index in [1.165, 1.54) is 0 Å². The second-order valence-corrected chi connectivity index (χ2v) is 15.6. The summed E-state index contributed by atoms with van der Waals surface area (Å²) in [6.45, 7) is 1.26. The number of rotatable bonds is 8. The normalized spacial score (nSPS) is 17.0. The van der Waals surface area contributed by atoms with E-state index in [4.69, 9.17) is 0 Å². The van der Waals surface area contributed by atoms with Crippen LogP contribution >= 0.6 is 0 Å². The SMILES string of the molecule is O=C1c2cc(S(=O)(=O)N3CCN(c4ccccn4)CC3)cc([N+](=O)[O-])c2-c2c1cc(S(=O)(=O)N1CCN(c3ccccn3)CC1)cc2[N+](=O)[O-]. The van der Waals surface area contributed by atoms with E-state index in [0.29, 0.717) is 11.6 Å². The molecular formula is C31H28N8O9S2. The summed E-state index contributed by atoms with van der Waals surface area (Å²) < 4.78 is 57.5. The summed E-state index contributed by atoms with van der Waals surface area (Å²) in [5, 5.41) is 24.7. The first-order valence-electron chi connectivity index (χ1n) is 15.4. The molecule has 0 unspecified atom stereocenters. The van der Waals surface area contributed by atoms with Gasteiger partial charge in [0.15, 0.2) is 5.78 Å². The van der Waals surface area contributed by atoms with Crippen molar-refractivity contribution < 1.29 is 31.5 Å². The minimum Gasteiger partial charge on any atom is -0.354 e. The zero-order valence-corrected chi connectivity index (χ0v) is 27.8. The Morgan fingerprint density at radius 2 is 0.960 bits per heavy atom. The van der Waals surface area contributed by atoms with Crippen molar-refractivity contribution in [2.45, 2.75) is 9.79 Å². The third-order valence-electron chi connectivity index (χ3n) is 9.01. The number of piperazine rings is 2. The second kappa shape index (κ2) is 12.5. The average molecular weight is 721 g/mol. The number of benzene rings is 2. The van der Waals surface area contributed by atoms with Crippen LogP contribution in [0.1, 0.15) is 15.9 Å². The summed E-state index contributed by atoms with van der Waals surface area (Å²) in [6, 6.07) is 14.2. The Balaban J connectivity index is 1.22. The molecule has 0 radical (unpaired) electrons. The number of nitro groups is 2. The number of carbonyl (C=O) groups is 1. The molecule has 2 saturated heterocycles. The number of aromatic nitrogens is 2. The van der Waals surface area contributed by atoms with Crippen LogP contribution in [-0.2, 0) is 20.0 Å². The van der Waals surface area contributed by atoms with E-state index in [2.05, 4.69) is 9.97 Å². The molecule has 3 aliphatic rings. The maximum atomic E-state index is 13.9. The molecule has 0 N–H and O–H groups in total. The lowest BCUT2D eigenvalue weighted by atomic mass is 10.0. The predicted molar refractivity (Wildman–Crippen MR) is 179 cm³/mol. The molecule has 0 bridgehead atoms. The molecule has 4 heterocycles. The Morgan fingerprint density at radius 3 is 1.28 bits per heavy atom. The van der Waals surface area contributed by atoms with Crippen LogP contribution in [0, 0.1) is 20.2 Å².